The zero-order valence-electron chi connectivity index (χ0n) is 25.7. The van der Waals surface area contributed by atoms with E-state index in [0.29, 0.717) is 0 Å². The van der Waals surface area contributed by atoms with Crippen molar-refractivity contribution < 1.29 is 0 Å². The third kappa shape index (κ3) is 3.58. The molecule has 0 amide bonds. The van der Waals surface area contributed by atoms with Crippen molar-refractivity contribution in [3.05, 3.63) is 152 Å². The Morgan fingerprint density at radius 2 is 1.04 bits per heavy atom. The minimum Gasteiger partial charge on any atom is -0.308 e. The Bertz CT molecular complexity index is 3060. The summed E-state index contributed by atoms with van der Waals surface area (Å²) >= 11 is 1.85. The van der Waals surface area contributed by atoms with Crippen LogP contribution < -0.4 is 0 Å². The summed E-state index contributed by atoms with van der Waals surface area (Å²) in [7, 11) is 0. The van der Waals surface area contributed by atoms with E-state index in [0.717, 1.165) is 33.5 Å². The van der Waals surface area contributed by atoms with Crippen molar-refractivity contribution in [2.24, 2.45) is 0 Å². The molecule has 3 nitrogen and oxygen atoms in total. The highest BCUT2D eigenvalue weighted by atomic mass is 32.1. The highest BCUT2D eigenvalue weighted by Crippen LogP contribution is 2.44. The average molecular weight is 628 g/mol. The van der Waals surface area contributed by atoms with Crippen LogP contribution in [0.2, 0.25) is 0 Å². The van der Waals surface area contributed by atoms with E-state index in [2.05, 4.69) is 144 Å². The van der Waals surface area contributed by atoms with Gasteiger partial charge in [0.25, 0.3) is 0 Å². The second kappa shape index (κ2) is 9.71. The fourth-order valence-electron chi connectivity index (χ4n) is 7.82. The van der Waals surface area contributed by atoms with Crippen LogP contribution in [0.25, 0.3) is 103 Å². The van der Waals surface area contributed by atoms with Crippen LogP contribution in [0.3, 0.4) is 0 Å². The molecule has 0 aliphatic carbocycles. The minimum absolute atomic E-state index is 0.893. The van der Waals surface area contributed by atoms with Crippen LogP contribution in [0.15, 0.2) is 152 Å². The van der Waals surface area contributed by atoms with Gasteiger partial charge < -0.3 is 4.40 Å². The largest absolute Gasteiger partial charge is 0.308 e. The van der Waals surface area contributed by atoms with Gasteiger partial charge in [-0.1, -0.05) is 103 Å². The molecule has 0 spiro atoms. The van der Waals surface area contributed by atoms with Crippen LogP contribution in [0.4, 0.5) is 0 Å². The summed E-state index contributed by atoms with van der Waals surface area (Å²) in [5, 5.41) is 7.61. The number of para-hydroxylation sites is 4. The quantitative estimate of drug-likeness (QED) is 0.195. The van der Waals surface area contributed by atoms with Crippen LogP contribution in [-0.2, 0) is 0 Å². The van der Waals surface area contributed by atoms with Gasteiger partial charge in [0.1, 0.15) is 0 Å². The van der Waals surface area contributed by atoms with Crippen molar-refractivity contribution >= 4 is 80.6 Å². The molecule has 0 saturated carbocycles. The van der Waals surface area contributed by atoms with Gasteiger partial charge in [-0.3, -0.25) is 0 Å². The van der Waals surface area contributed by atoms with Gasteiger partial charge in [0.2, 0.25) is 0 Å². The molecular formula is C44H25N3S. The summed E-state index contributed by atoms with van der Waals surface area (Å²) in [4.78, 5) is 10.6. The summed E-state index contributed by atoms with van der Waals surface area (Å²) in [5.74, 6) is 0. The summed E-state index contributed by atoms with van der Waals surface area (Å²) in [5.41, 5.74) is 11.9. The number of fused-ring (bicyclic) bond motifs is 10. The highest BCUT2D eigenvalue weighted by Gasteiger charge is 2.20. The van der Waals surface area contributed by atoms with E-state index in [4.69, 9.17) is 9.97 Å². The normalized spacial score (nSPS) is 12.2. The van der Waals surface area contributed by atoms with Gasteiger partial charge in [-0.15, -0.1) is 11.3 Å². The molecule has 0 bridgehead atoms. The number of rotatable bonds is 3. The van der Waals surface area contributed by atoms with E-state index >= 15 is 0 Å². The first-order chi connectivity index (χ1) is 23.8. The molecule has 0 aliphatic heterocycles. The highest BCUT2D eigenvalue weighted by molar-refractivity contribution is 7.26. The monoisotopic (exact) mass is 627 g/mol. The molecule has 4 heterocycles. The molecule has 0 N–H and O–H groups in total. The minimum atomic E-state index is 0.893. The van der Waals surface area contributed by atoms with E-state index in [1.807, 2.05) is 23.5 Å². The Morgan fingerprint density at radius 3 is 1.85 bits per heavy atom. The second-order valence-corrected chi connectivity index (χ2v) is 13.6. The van der Waals surface area contributed by atoms with E-state index in [9.17, 15) is 0 Å². The molecule has 0 aliphatic rings. The van der Waals surface area contributed by atoms with E-state index in [1.165, 1.54) is 69.4 Å². The van der Waals surface area contributed by atoms with Gasteiger partial charge in [-0.2, -0.15) is 0 Å². The summed E-state index contributed by atoms with van der Waals surface area (Å²) in [6, 6.07) is 54.5. The second-order valence-electron chi connectivity index (χ2n) is 12.6. The predicted molar refractivity (Wildman–Crippen MR) is 203 cm³/mol. The standard InChI is InChI=1S/C44H25N3S/c1-2-10-26(11-3-1)29-13-9-19-40-41(29)34-25-28(21-23-39(34)48-40)43-42(45-35-16-5-6-17-36(35)46-43)27-20-22-38-33(24-27)32-15-8-14-31-30-12-4-7-18-37(30)47(38)44(31)32/h1-25H. The molecule has 0 fully saturated rings. The fraction of sp³-hybridized carbons (Fsp3) is 0. The first-order valence-corrected chi connectivity index (χ1v) is 17.1. The number of aromatic nitrogens is 3. The van der Waals surface area contributed by atoms with E-state index in [-0.39, 0.29) is 0 Å². The number of hydrogen-bond acceptors (Lipinski definition) is 3. The molecule has 7 aromatic carbocycles. The van der Waals surface area contributed by atoms with Crippen molar-refractivity contribution in [3.63, 3.8) is 0 Å². The molecule has 4 heteroatoms. The molecule has 11 rings (SSSR count). The number of thiophene rings is 1. The van der Waals surface area contributed by atoms with Gasteiger partial charge >= 0.3 is 0 Å². The van der Waals surface area contributed by atoms with Gasteiger partial charge in [0.15, 0.2) is 0 Å². The van der Waals surface area contributed by atoms with Gasteiger partial charge in [-0.05, 0) is 59.7 Å². The SMILES string of the molecule is c1ccc(-c2cccc3sc4ccc(-c5nc6ccccc6nc5-c5ccc6c(c5)c5cccc7c8ccccc8n6c75)cc4c23)cc1. The van der Waals surface area contributed by atoms with Crippen LogP contribution in [0, 0.1) is 0 Å². The molecule has 0 saturated heterocycles. The van der Waals surface area contributed by atoms with Crippen molar-refractivity contribution in [2.75, 3.05) is 0 Å². The molecule has 0 radical (unpaired) electrons. The maximum atomic E-state index is 5.31. The van der Waals surface area contributed by atoms with Gasteiger partial charge in [0, 0.05) is 52.8 Å². The topological polar surface area (TPSA) is 30.2 Å². The van der Waals surface area contributed by atoms with Crippen LogP contribution >= 0.6 is 11.3 Å². The van der Waals surface area contributed by atoms with Crippen molar-refractivity contribution in [2.45, 2.75) is 0 Å². The first-order valence-electron chi connectivity index (χ1n) is 16.3. The smallest absolute Gasteiger partial charge is 0.0973 e. The Hall–Kier alpha value is -6.10. The Kier molecular flexibility index (Phi) is 5.26. The summed E-state index contributed by atoms with van der Waals surface area (Å²) in [6.45, 7) is 0. The van der Waals surface area contributed by atoms with Crippen LogP contribution in [0.5, 0.6) is 0 Å². The molecule has 11 aromatic rings. The van der Waals surface area contributed by atoms with Gasteiger partial charge in [-0.25, -0.2) is 9.97 Å². The fourth-order valence-corrected chi connectivity index (χ4v) is 8.93. The average Bonchev–Trinajstić information content (AvgIpc) is 3.81. The lowest BCUT2D eigenvalue weighted by Gasteiger charge is -2.12. The Balaban J connectivity index is 1.18. The third-order valence-corrected chi connectivity index (χ3v) is 11.1. The maximum absolute atomic E-state index is 5.31. The van der Waals surface area contributed by atoms with E-state index < -0.39 is 0 Å². The molecule has 4 aromatic heterocycles. The first kappa shape index (κ1) is 26.0. The maximum Gasteiger partial charge on any atom is 0.0973 e. The van der Waals surface area contributed by atoms with Crippen LogP contribution in [0.1, 0.15) is 0 Å². The summed E-state index contributed by atoms with van der Waals surface area (Å²) in [6.07, 6.45) is 0. The van der Waals surface area contributed by atoms with Crippen molar-refractivity contribution in [1.82, 2.24) is 14.4 Å². The zero-order chi connectivity index (χ0) is 31.3. The Morgan fingerprint density at radius 1 is 0.417 bits per heavy atom. The number of nitrogens with zero attached hydrogens (tertiary/aromatic N) is 3. The molecule has 0 atom stereocenters. The third-order valence-electron chi connectivity index (χ3n) is 9.92. The number of hydrogen-bond donors (Lipinski definition) is 0. The van der Waals surface area contributed by atoms with Crippen LogP contribution in [-0.4, -0.2) is 14.4 Å². The molecule has 48 heavy (non-hydrogen) atoms. The van der Waals surface area contributed by atoms with Crippen molar-refractivity contribution in [3.8, 4) is 33.6 Å². The zero-order valence-corrected chi connectivity index (χ0v) is 26.5. The molecule has 222 valence electrons. The lowest BCUT2D eigenvalue weighted by Crippen LogP contribution is -1.95. The Labute approximate surface area is 279 Å². The lowest BCUT2D eigenvalue weighted by atomic mass is 9.97. The van der Waals surface area contributed by atoms with Crippen molar-refractivity contribution in [1.29, 1.82) is 0 Å². The lowest BCUT2D eigenvalue weighted by molar-refractivity contribution is 1.29. The van der Waals surface area contributed by atoms with Gasteiger partial charge in [0.05, 0.1) is 39.0 Å². The molecular weight excluding hydrogens is 603 g/mol. The predicted octanol–water partition coefficient (Wildman–Crippen LogP) is 12.1. The summed E-state index contributed by atoms with van der Waals surface area (Å²) < 4.78 is 4.98. The molecule has 0 unspecified atom stereocenters. The number of benzene rings is 7. The van der Waals surface area contributed by atoms with E-state index in [1.54, 1.807) is 0 Å².